The number of aliphatic hydroxyl groups excluding tert-OH is 1. The van der Waals surface area contributed by atoms with Crippen molar-refractivity contribution in [1.82, 2.24) is 5.32 Å². The molecular formula is C9H17NO. The van der Waals surface area contributed by atoms with Crippen molar-refractivity contribution in [3.8, 4) is 12.3 Å². The fourth-order valence-electron chi connectivity index (χ4n) is 0.728. The summed E-state index contributed by atoms with van der Waals surface area (Å²) in [6.07, 6.45) is 6.94. The van der Waals surface area contributed by atoms with Crippen molar-refractivity contribution in [2.24, 2.45) is 5.92 Å². The number of terminal acetylenes is 1. The Morgan fingerprint density at radius 3 is 2.91 bits per heavy atom. The molecule has 0 rings (SSSR count). The molecule has 2 nitrogen and oxygen atoms in total. The molecule has 64 valence electrons. The smallest absolute Gasteiger partial charge is 0.0468 e. The lowest BCUT2D eigenvalue weighted by Crippen LogP contribution is -2.23. The first kappa shape index (κ1) is 10.5. The van der Waals surface area contributed by atoms with Crippen molar-refractivity contribution in [3.05, 3.63) is 0 Å². The molecule has 0 aromatic heterocycles. The van der Waals surface area contributed by atoms with Crippen LogP contribution in [0.25, 0.3) is 0 Å². The van der Waals surface area contributed by atoms with Gasteiger partial charge in [0.05, 0.1) is 0 Å². The Balaban J connectivity index is 2.97. The molecule has 0 saturated heterocycles. The van der Waals surface area contributed by atoms with Crippen LogP contribution in [0.3, 0.4) is 0 Å². The van der Waals surface area contributed by atoms with E-state index in [2.05, 4.69) is 11.2 Å². The van der Waals surface area contributed by atoms with Crippen LogP contribution < -0.4 is 5.32 Å². The van der Waals surface area contributed by atoms with Gasteiger partial charge in [0, 0.05) is 13.0 Å². The van der Waals surface area contributed by atoms with Gasteiger partial charge in [0.25, 0.3) is 0 Å². The third-order valence-corrected chi connectivity index (χ3v) is 1.48. The standard InChI is InChI=1S/C9H17NO/c1-3-4-5-6-10-7-9(2)8-11/h1,9-11H,4-8H2,2H3. The van der Waals surface area contributed by atoms with Gasteiger partial charge in [-0.1, -0.05) is 6.92 Å². The average molecular weight is 155 g/mol. The highest BCUT2D eigenvalue weighted by Crippen LogP contribution is 1.89. The normalized spacial score (nSPS) is 12.5. The Morgan fingerprint density at radius 2 is 2.36 bits per heavy atom. The Bertz CT molecular complexity index is 117. The highest BCUT2D eigenvalue weighted by molar-refractivity contribution is 4.83. The van der Waals surface area contributed by atoms with Crippen LogP contribution in [0.4, 0.5) is 0 Å². The van der Waals surface area contributed by atoms with Crippen molar-refractivity contribution in [2.75, 3.05) is 19.7 Å². The molecule has 0 spiro atoms. The summed E-state index contributed by atoms with van der Waals surface area (Å²) in [7, 11) is 0. The number of hydrogen-bond acceptors (Lipinski definition) is 2. The Hall–Kier alpha value is -0.520. The van der Waals surface area contributed by atoms with Crippen LogP contribution in [-0.2, 0) is 0 Å². The van der Waals surface area contributed by atoms with E-state index in [4.69, 9.17) is 11.5 Å². The number of unbranched alkanes of at least 4 members (excludes halogenated alkanes) is 1. The maximum atomic E-state index is 8.67. The summed E-state index contributed by atoms with van der Waals surface area (Å²) in [5.41, 5.74) is 0. The molecule has 0 aliphatic carbocycles. The highest BCUT2D eigenvalue weighted by Gasteiger charge is 1.96. The highest BCUT2D eigenvalue weighted by atomic mass is 16.3. The summed E-state index contributed by atoms with van der Waals surface area (Å²) < 4.78 is 0. The van der Waals surface area contributed by atoms with Crippen LogP contribution in [0.15, 0.2) is 0 Å². The van der Waals surface area contributed by atoms with E-state index in [0.717, 1.165) is 25.9 Å². The lowest BCUT2D eigenvalue weighted by atomic mass is 10.2. The summed E-state index contributed by atoms with van der Waals surface area (Å²) in [4.78, 5) is 0. The Kier molecular flexibility index (Phi) is 7.23. The molecule has 0 fully saturated rings. The molecule has 1 atom stereocenters. The van der Waals surface area contributed by atoms with Gasteiger partial charge in [-0.05, 0) is 25.4 Å². The van der Waals surface area contributed by atoms with Crippen molar-refractivity contribution < 1.29 is 5.11 Å². The largest absolute Gasteiger partial charge is 0.396 e. The first-order chi connectivity index (χ1) is 5.31. The third kappa shape index (κ3) is 7.38. The topological polar surface area (TPSA) is 32.3 Å². The molecule has 0 bridgehead atoms. The monoisotopic (exact) mass is 155 g/mol. The molecule has 0 aliphatic heterocycles. The Labute approximate surface area is 69.0 Å². The Morgan fingerprint density at radius 1 is 1.64 bits per heavy atom. The molecule has 0 amide bonds. The molecule has 0 heterocycles. The zero-order valence-corrected chi connectivity index (χ0v) is 7.14. The SMILES string of the molecule is C#CCCCNCC(C)CO. The van der Waals surface area contributed by atoms with Gasteiger partial charge < -0.3 is 10.4 Å². The predicted octanol–water partition coefficient (Wildman–Crippen LogP) is 0.618. The molecule has 0 aliphatic rings. The van der Waals surface area contributed by atoms with Gasteiger partial charge in [-0.2, -0.15) is 0 Å². The molecule has 1 unspecified atom stereocenters. The van der Waals surface area contributed by atoms with Gasteiger partial charge in [-0.15, -0.1) is 12.3 Å². The third-order valence-electron chi connectivity index (χ3n) is 1.48. The lowest BCUT2D eigenvalue weighted by molar-refractivity contribution is 0.234. The average Bonchev–Trinajstić information content (AvgIpc) is 2.04. The van der Waals surface area contributed by atoms with Crippen molar-refractivity contribution in [1.29, 1.82) is 0 Å². The minimum atomic E-state index is 0.252. The number of aliphatic hydroxyl groups is 1. The van der Waals surface area contributed by atoms with E-state index in [0.29, 0.717) is 5.92 Å². The molecule has 0 aromatic rings. The van der Waals surface area contributed by atoms with E-state index in [-0.39, 0.29) is 6.61 Å². The molecular weight excluding hydrogens is 138 g/mol. The van der Waals surface area contributed by atoms with Gasteiger partial charge >= 0.3 is 0 Å². The maximum Gasteiger partial charge on any atom is 0.0468 e. The summed E-state index contributed by atoms with van der Waals surface area (Å²) >= 11 is 0. The van der Waals surface area contributed by atoms with E-state index in [9.17, 15) is 0 Å². The predicted molar refractivity (Wildman–Crippen MR) is 47.2 cm³/mol. The fourth-order valence-corrected chi connectivity index (χ4v) is 0.728. The first-order valence-electron chi connectivity index (χ1n) is 4.06. The van der Waals surface area contributed by atoms with E-state index in [1.165, 1.54) is 0 Å². The summed E-state index contributed by atoms with van der Waals surface area (Å²) in [5, 5.41) is 11.9. The molecule has 2 N–H and O–H groups in total. The zero-order valence-electron chi connectivity index (χ0n) is 7.14. The zero-order chi connectivity index (χ0) is 8.53. The van der Waals surface area contributed by atoms with Gasteiger partial charge in [-0.3, -0.25) is 0 Å². The van der Waals surface area contributed by atoms with Crippen LogP contribution in [0, 0.1) is 18.3 Å². The number of nitrogens with one attached hydrogen (secondary N) is 1. The van der Waals surface area contributed by atoms with Gasteiger partial charge in [0.15, 0.2) is 0 Å². The van der Waals surface area contributed by atoms with E-state index < -0.39 is 0 Å². The van der Waals surface area contributed by atoms with Gasteiger partial charge in [0.1, 0.15) is 0 Å². The second kappa shape index (κ2) is 7.59. The molecule has 0 radical (unpaired) electrons. The van der Waals surface area contributed by atoms with E-state index in [1.54, 1.807) is 0 Å². The van der Waals surface area contributed by atoms with Crippen LogP contribution in [0.2, 0.25) is 0 Å². The van der Waals surface area contributed by atoms with Crippen LogP contribution in [-0.4, -0.2) is 24.8 Å². The second-order valence-corrected chi connectivity index (χ2v) is 2.80. The molecule has 0 saturated carbocycles. The van der Waals surface area contributed by atoms with Crippen molar-refractivity contribution in [3.63, 3.8) is 0 Å². The van der Waals surface area contributed by atoms with Gasteiger partial charge in [0.2, 0.25) is 0 Å². The molecule has 2 heteroatoms. The second-order valence-electron chi connectivity index (χ2n) is 2.80. The van der Waals surface area contributed by atoms with Crippen molar-refractivity contribution in [2.45, 2.75) is 19.8 Å². The number of hydrogen-bond donors (Lipinski definition) is 2. The summed E-state index contributed by atoms with van der Waals surface area (Å²) in [6.45, 7) is 4.09. The van der Waals surface area contributed by atoms with Crippen molar-refractivity contribution >= 4 is 0 Å². The quantitative estimate of drug-likeness (QED) is 0.435. The van der Waals surface area contributed by atoms with E-state index in [1.807, 2.05) is 6.92 Å². The van der Waals surface area contributed by atoms with Crippen LogP contribution >= 0.6 is 0 Å². The molecule has 0 aromatic carbocycles. The van der Waals surface area contributed by atoms with E-state index >= 15 is 0 Å². The minimum absolute atomic E-state index is 0.252. The summed E-state index contributed by atoms with van der Waals surface area (Å²) in [5.74, 6) is 2.93. The first-order valence-corrected chi connectivity index (χ1v) is 4.06. The van der Waals surface area contributed by atoms with Crippen LogP contribution in [0.1, 0.15) is 19.8 Å². The summed E-state index contributed by atoms with van der Waals surface area (Å²) in [6, 6.07) is 0. The van der Waals surface area contributed by atoms with Crippen LogP contribution in [0.5, 0.6) is 0 Å². The minimum Gasteiger partial charge on any atom is -0.396 e. The molecule has 11 heavy (non-hydrogen) atoms. The number of rotatable bonds is 6. The maximum absolute atomic E-state index is 8.67. The lowest BCUT2D eigenvalue weighted by Gasteiger charge is -2.07. The fraction of sp³-hybridized carbons (Fsp3) is 0.778. The van der Waals surface area contributed by atoms with Gasteiger partial charge in [-0.25, -0.2) is 0 Å².